The fraction of sp³-hybridized carbons (Fsp3) is 0.562. The lowest BCUT2D eigenvalue weighted by Gasteiger charge is -2.21. The molecule has 0 spiro atoms. The van der Waals surface area contributed by atoms with Crippen molar-refractivity contribution < 1.29 is 14.3 Å². The number of nitrogens with zero attached hydrogens (tertiary/aromatic N) is 1. The maximum absolute atomic E-state index is 12.2. The fourth-order valence-electron chi connectivity index (χ4n) is 1.96. The minimum absolute atomic E-state index is 0.151. The van der Waals surface area contributed by atoms with Gasteiger partial charge in [-0.3, -0.25) is 9.69 Å². The summed E-state index contributed by atoms with van der Waals surface area (Å²) < 4.78 is 10.2. The Hall–Kier alpha value is -1.23. The highest BCUT2D eigenvalue weighted by Crippen LogP contribution is 2.05. The van der Waals surface area contributed by atoms with Crippen molar-refractivity contribution in [1.29, 1.82) is 0 Å². The molecule has 0 aliphatic heterocycles. The molecule has 0 radical (unpaired) electrons. The predicted octanol–water partition coefficient (Wildman–Crippen LogP) is 2.16. The molecule has 0 fully saturated rings. The number of carbonyl (C=O) groups excluding carboxylic acids is 1. The number of rotatable bonds is 10. The molecule has 0 bridgehead atoms. The normalized spacial score (nSPS) is 11.0. The molecule has 0 N–H and O–H groups in total. The number of methoxy groups -OCH3 is 2. The zero-order valence-electron chi connectivity index (χ0n) is 12.7. The van der Waals surface area contributed by atoms with E-state index < -0.39 is 0 Å². The van der Waals surface area contributed by atoms with Crippen LogP contribution in [0.5, 0.6) is 0 Å². The Balaban J connectivity index is 2.53. The van der Waals surface area contributed by atoms with E-state index in [9.17, 15) is 4.79 Å². The third-order valence-corrected chi connectivity index (χ3v) is 3.18. The van der Waals surface area contributed by atoms with Crippen LogP contribution in [0.1, 0.15) is 22.3 Å². The van der Waals surface area contributed by atoms with E-state index in [1.807, 2.05) is 31.2 Å². The van der Waals surface area contributed by atoms with E-state index >= 15 is 0 Å². The van der Waals surface area contributed by atoms with E-state index in [1.54, 1.807) is 14.2 Å². The van der Waals surface area contributed by atoms with Gasteiger partial charge in [0.05, 0.1) is 13.2 Å². The summed E-state index contributed by atoms with van der Waals surface area (Å²) in [6.45, 7) is 5.39. The monoisotopic (exact) mass is 279 g/mol. The highest BCUT2D eigenvalue weighted by molar-refractivity contribution is 5.97. The summed E-state index contributed by atoms with van der Waals surface area (Å²) in [5, 5.41) is 0. The second kappa shape index (κ2) is 9.64. The average Bonchev–Trinajstić information content (AvgIpc) is 2.45. The van der Waals surface area contributed by atoms with Gasteiger partial charge in [-0.1, -0.05) is 29.8 Å². The SMILES string of the molecule is COCCCN(CCOC)CC(=O)c1ccc(C)cc1. The van der Waals surface area contributed by atoms with E-state index in [0.717, 1.165) is 30.6 Å². The first-order valence-corrected chi connectivity index (χ1v) is 6.97. The van der Waals surface area contributed by atoms with Crippen LogP contribution < -0.4 is 0 Å². The number of aryl methyl sites for hydroxylation is 1. The highest BCUT2D eigenvalue weighted by Gasteiger charge is 2.12. The average molecular weight is 279 g/mol. The van der Waals surface area contributed by atoms with Crippen LogP contribution in [0.4, 0.5) is 0 Å². The molecule has 0 heterocycles. The first kappa shape index (κ1) is 16.8. The lowest BCUT2D eigenvalue weighted by molar-refractivity contribution is 0.0878. The van der Waals surface area contributed by atoms with Gasteiger partial charge in [-0.05, 0) is 13.3 Å². The van der Waals surface area contributed by atoms with Gasteiger partial charge < -0.3 is 9.47 Å². The number of ketones is 1. The van der Waals surface area contributed by atoms with Crippen molar-refractivity contribution in [2.45, 2.75) is 13.3 Å². The van der Waals surface area contributed by atoms with Crippen LogP contribution in [-0.2, 0) is 9.47 Å². The fourth-order valence-corrected chi connectivity index (χ4v) is 1.96. The largest absolute Gasteiger partial charge is 0.385 e. The van der Waals surface area contributed by atoms with Crippen molar-refractivity contribution in [3.63, 3.8) is 0 Å². The van der Waals surface area contributed by atoms with Crippen LogP contribution in [0.25, 0.3) is 0 Å². The van der Waals surface area contributed by atoms with Crippen molar-refractivity contribution in [2.24, 2.45) is 0 Å². The summed E-state index contributed by atoms with van der Waals surface area (Å²) >= 11 is 0. The number of ether oxygens (including phenoxy) is 2. The molecule has 0 aliphatic carbocycles. The molecule has 1 rings (SSSR count). The molecule has 112 valence electrons. The molecule has 1 aromatic rings. The van der Waals surface area contributed by atoms with Crippen molar-refractivity contribution in [3.05, 3.63) is 35.4 Å². The van der Waals surface area contributed by atoms with Crippen LogP contribution in [0, 0.1) is 6.92 Å². The van der Waals surface area contributed by atoms with Crippen molar-refractivity contribution >= 4 is 5.78 Å². The molecule has 20 heavy (non-hydrogen) atoms. The maximum Gasteiger partial charge on any atom is 0.176 e. The van der Waals surface area contributed by atoms with Gasteiger partial charge in [0.2, 0.25) is 0 Å². The molecular formula is C16H25NO3. The molecular weight excluding hydrogens is 254 g/mol. The lowest BCUT2D eigenvalue weighted by atomic mass is 10.1. The Morgan fingerprint density at radius 3 is 2.30 bits per heavy atom. The molecule has 0 aliphatic rings. The minimum atomic E-state index is 0.151. The Bertz CT molecular complexity index is 389. The number of benzene rings is 1. The Labute approximate surface area is 121 Å². The summed E-state index contributed by atoms with van der Waals surface area (Å²) in [4.78, 5) is 14.4. The van der Waals surface area contributed by atoms with E-state index in [1.165, 1.54) is 0 Å². The molecule has 1 aromatic carbocycles. The minimum Gasteiger partial charge on any atom is -0.385 e. The zero-order chi connectivity index (χ0) is 14.8. The third-order valence-electron chi connectivity index (χ3n) is 3.18. The van der Waals surface area contributed by atoms with Gasteiger partial charge in [-0.15, -0.1) is 0 Å². The molecule has 4 heteroatoms. The molecule has 0 atom stereocenters. The van der Waals surface area contributed by atoms with Gasteiger partial charge >= 0.3 is 0 Å². The second-order valence-electron chi connectivity index (χ2n) is 4.90. The summed E-state index contributed by atoms with van der Waals surface area (Å²) in [5.74, 6) is 0.151. The Morgan fingerprint density at radius 1 is 1.05 bits per heavy atom. The molecule has 4 nitrogen and oxygen atoms in total. The molecule has 0 saturated carbocycles. The van der Waals surface area contributed by atoms with Crippen molar-refractivity contribution in [3.8, 4) is 0 Å². The number of hydrogen-bond acceptors (Lipinski definition) is 4. The van der Waals surface area contributed by atoms with Gasteiger partial charge in [-0.2, -0.15) is 0 Å². The van der Waals surface area contributed by atoms with Gasteiger partial charge in [0.1, 0.15) is 0 Å². The Kier molecular flexibility index (Phi) is 8.11. The van der Waals surface area contributed by atoms with Gasteiger partial charge in [-0.25, -0.2) is 0 Å². The first-order valence-electron chi connectivity index (χ1n) is 6.97. The summed E-state index contributed by atoms with van der Waals surface area (Å²) in [5.41, 5.74) is 1.93. The quantitative estimate of drug-likeness (QED) is 0.486. The van der Waals surface area contributed by atoms with E-state index in [4.69, 9.17) is 9.47 Å². The predicted molar refractivity (Wildman–Crippen MR) is 80.3 cm³/mol. The number of hydrogen-bond donors (Lipinski definition) is 0. The zero-order valence-corrected chi connectivity index (χ0v) is 12.7. The van der Waals surface area contributed by atoms with E-state index in [0.29, 0.717) is 19.8 Å². The van der Waals surface area contributed by atoms with Crippen LogP contribution >= 0.6 is 0 Å². The Morgan fingerprint density at radius 2 is 1.70 bits per heavy atom. The van der Waals surface area contributed by atoms with E-state index in [-0.39, 0.29) is 5.78 Å². The van der Waals surface area contributed by atoms with Crippen molar-refractivity contribution in [1.82, 2.24) is 4.90 Å². The van der Waals surface area contributed by atoms with Crippen LogP contribution in [0.2, 0.25) is 0 Å². The third kappa shape index (κ3) is 6.28. The standard InChI is InChI=1S/C16H25NO3/c1-14-5-7-15(8-6-14)16(18)13-17(10-12-20-3)9-4-11-19-2/h5-8H,4,9-13H2,1-3H3. The molecule has 0 saturated heterocycles. The van der Waals surface area contributed by atoms with Crippen molar-refractivity contribution in [2.75, 3.05) is 47.1 Å². The van der Waals surface area contributed by atoms with E-state index in [2.05, 4.69) is 4.90 Å². The van der Waals surface area contributed by atoms with Crippen LogP contribution in [-0.4, -0.2) is 57.8 Å². The lowest BCUT2D eigenvalue weighted by Crippen LogP contribution is -2.34. The van der Waals surface area contributed by atoms with Gasteiger partial charge in [0.25, 0.3) is 0 Å². The topological polar surface area (TPSA) is 38.8 Å². The van der Waals surface area contributed by atoms with Crippen LogP contribution in [0.3, 0.4) is 0 Å². The van der Waals surface area contributed by atoms with Gasteiger partial charge in [0, 0.05) is 39.5 Å². The number of carbonyl (C=O) groups is 1. The summed E-state index contributed by atoms with van der Waals surface area (Å²) in [6.07, 6.45) is 0.918. The smallest absolute Gasteiger partial charge is 0.176 e. The maximum atomic E-state index is 12.2. The van der Waals surface area contributed by atoms with Gasteiger partial charge in [0.15, 0.2) is 5.78 Å². The summed E-state index contributed by atoms with van der Waals surface area (Å²) in [7, 11) is 3.37. The molecule has 0 amide bonds. The summed E-state index contributed by atoms with van der Waals surface area (Å²) in [6, 6.07) is 7.72. The number of Topliss-reactive ketones (excluding diaryl/α,β-unsaturated/α-hetero) is 1. The second-order valence-corrected chi connectivity index (χ2v) is 4.90. The highest BCUT2D eigenvalue weighted by atomic mass is 16.5. The van der Waals surface area contributed by atoms with Crippen LogP contribution in [0.15, 0.2) is 24.3 Å². The first-order chi connectivity index (χ1) is 9.67. The molecule has 0 aromatic heterocycles. The molecule has 0 unspecified atom stereocenters.